The number of hydrogen-bond acceptors (Lipinski definition) is 4. The number of aromatic nitrogens is 1. The summed E-state index contributed by atoms with van der Waals surface area (Å²) in [6, 6.07) is 10.8. The molecule has 0 saturated carbocycles. The molecule has 1 aromatic heterocycles. The van der Waals surface area contributed by atoms with Crippen molar-refractivity contribution in [3.05, 3.63) is 48.2 Å². The van der Waals surface area contributed by atoms with E-state index < -0.39 is 10.0 Å². The van der Waals surface area contributed by atoms with Gasteiger partial charge in [-0.2, -0.15) is 0 Å². The fourth-order valence-electron chi connectivity index (χ4n) is 1.99. The first kappa shape index (κ1) is 15.5. The molecule has 0 bridgehead atoms. The minimum Gasteiger partial charge on any atom is -0.339 e. The van der Waals surface area contributed by atoms with E-state index in [1.807, 2.05) is 24.3 Å². The summed E-state index contributed by atoms with van der Waals surface area (Å²) in [7, 11) is -3.80. The van der Waals surface area contributed by atoms with Crippen molar-refractivity contribution in [3.63, 3.8) is 0 Å². The lowest BCUT2D eigenvalue weighted by atomic mass is 10.1. The standard InChI is InChI=1S/C15H19N3O2S/c1-2-3-5-12-7-9-13(10-8-12)18-15-14(21(16,19)20)6-4-11-17-15/h4,6-11H,2-3,5H2,1H3,(H,17,18)(H2,16,19,20). The Bertz CT molecular complexity index is 697. The molecule has 0 aliphatic carbocycles. The van der Waals surface area contributed by atoms with E-state index in [-0.39, 0.29) is 10.7 Å². The van der Waals surface area contributed by atoms with Crippen LogP contribution in [0, 0.1) is 0 Å². The van der Waals surface area contributed by atoms with Crippen LogP contribution >= 0.6 is 0 Å². The summed E-state index contributed by atoms with van der Waals surface area (Å²) in [4.78, 5) is 4.03. The van der Waals surface area contributed by atoms with E-state index in [1.165, 1.54) is 17.8 Å². The molecule has 0 spiro atoms. The highest BCUT2D eigenvalue weighted by Gasteiger charge is 2.14. The lowest BCUT2D eigenvalue weighted by molar-refractivity contribution is 0.598. The van der Waals surface area contributed by atoms with Gasteiger partial charge in [-0.15, -0.1) is 0 Å². The Labute approximate surface area is 125 Å². The van der Waals surface area contributed by atoms with Crippen LogP contribution in [0.4, 0.5) is 11.5 Å². The number of anilines is 2. The van der Waals surface area contributed by atoms with Gasteiger partial charge in [-0.3, -0.25) is 0 Å². The summed E-state index contributed by atoms with van der Waals surface area (Å²) in [5.74, 6) is 0.237. The highest BCUT2D eigenvalue weighted by molar-refractivity contribution is 7.89. The summed E-state index contributed by atoms with van der Waals surface area (Å²) in [6.07, 6.45) is 4.88. The smallest absolute Gasteiger partial charge is 0.241 e. The number of nitrogens with two attached hydrogens (primary N) is 1. The molecular formula is C15H19N3O2S. The quantitative estimate of drug-likeness (QED) is 0.859. The van der Waals surface area contributed by atoms with E-state index >= 15 is 0 Å². The molecule has 0 aliphatic heterocycles. The van der Waals surface area contributed by atoms with Crippen molar-refractivity contribution in [2.24, 2.45) is 5.14 Å². The van der Waals surface area contributed by atoms with Crippen LogP contribution in [0.5, 0.6) is 0 Å². The molecule has 0 amide bonds. The van der Waals surface area contributed by atoms with Gasteiger partial charge in [0.15, 0.2) is 5.82 Å². The zero-order valence-corrected chi connectivity index (χ0v) is 12.7. The highest BCUT2D eigenvalue weighted by atomic mass is 32.2. The summed E-state index contributed by atoms with van der Waals surface area (Å²) in [5.41, 5.74) is 2.04. The van der Waals surface area contributed by atoms with Gasteiger partial charge in [0.05, 0.1) is 0 Å². The first-order chi connectivity index (χ1) is 10.0. The van der Waals surface area contributed by atoms with E-state index in [9.17, 15) is 8.42 Å². The van der Waals surface area contributed by atoms with Gasteiger partial charge in [0.2, 0.25) is 10.0 Å². The molecule has 5 nitrogen and oxygen atoms in total. The third-order valence-corrected chi connectivity index (χ3v) is 4.06. The van der Waals surface area contributed by atoms with E-state index in [1.54, 1.807) is 6.07 Å². The van der Waals surface area contributed by atoms with Gasteiger partial charge in [0.1, 0.15) is 4.90 Å². The SMILES string of the molecule is CCCCc1ccc(Nc2ncccc2S(N)(=O)=O)cc1. The minimum atomic E-state index is -3.80. The minimum absolute atomic E-state index is 0.0138. The zero-order chi connectivity index (χ0) is 15.3. The Morgan fingerprint density at radius 3 is 2.52 bits per heavy atom. The number of hydrogen-bond donors (Lipinski definition) is 2. The number of benzene rings is 1. The first-order valence-electron chi connectivity index (χ1n) is 6.84. The second-order valence-electron chi connectivity index (χ2n) is 4.82. The zero-order valence-electron chi connectivity index (χ0n) is 11.9. The van der Waals surface area contributed by atoms with E-state index in [0.29, 0.717) is 0 Å². The van der Waals surface area contributed by atoms with Gasteiger partial charge >= 0.3 is 0 Å². The summed E-state index contributed by atoms with van der Waals surface area (Å²) in [5, 5.41) is 8.17. The van der Waals surface area contributed by atoms with Gasteiger partial charge in [0, 0.05) is 11.9 Å². The molecule has 0 radical (unpaired) electrons. The largest absolute Gasteiger partial charge is 0.339 e. The van der Waals surface area contributed by atoms with Crippen molar-refractivity contribution in [1.29, 1.82) is 0 Å². The lowest BCUT2D eigenvalue weighted by Gasteiger charge is -2.10. The monoisotopic (exact) mass is 305 g/mol. The molecule has 2 aromatic rings. The van der Waals surface area contributed by atoms with Gasteiger partial charge in [-0.05, 0) is 42.7 Å². The molecule has 6 heteroatoms. The fourth-order valence-corrected chi connectivity index (χ4v) is 2.63. The molecule has 1 heterocycles. The summed E-state index contributed by atoms with van der Waals surface area (Å²) in [6.45, 7) is 2.16. The van der Waals surface area contributed by atoms with Gasteiger partial charge in [0.25, 0.3) is 0 Å². The molecule has 0 saturated heterocycles. The van der Waals surface area contributed by atoms with E-state index in [4.69, 9.17) is 5.14 Å². The van der Waals surface area contributed by atoms with Gasteiger partial charge < -0.3 is 5.32 Å². The third-order valence-electron chi connectivity index (χ3n) is 3.11. The maximum atomic E-state index is 11.5. The van der Waals surface area contributed by atoms with Crippen LogP contribution in [0.1, 0.15) is 25.3 Å². The Kier molecular flexibility index (Phi) is 4.93. The van der Waals surface area contributed by atoms with Crippen LogP contribution in [-0.4, -0.2) is 13.4 Å². The number of primary sulfonamides is 1. The van der Waals surface area contributed by atoms with Crippen LogP contribution < -0.4 is 10.5 Å². The van der Waals surface area contributed by atoms with Gasteiger partial charge in [-0.25, -0.2) is 18.5 Å². The van der Waals surface area contributed by atoms with Crippen LogP contribution in [0.3, 0.4) is 0 Å². The summed E-state index contributed by atoms with van der Waals surface area (Å²) < 4.78 is 23.0. The number of sulfonamides is 1. The number of aryl methyl sites for hydroxylation is 1. The summed E-state index contributed by atoms with van der Waals surface area (Å²) >= 11 is 0. The molecule has 0 aliphatic rings. The second kappa shape index (κ2) is 6.69. The number of nitrogens with one attached hydrogen (secondary N) is 1. The average molecular weight is 305 g/mol. The normalized spacial score (nSPS) is 11.3. The molecular weight excluding hydrogens is 286 g/mol. The first-order valence-corrected chi connectivity index (χ1v) is 8.39. The lowest BCUT2D eigenvalue weighted by Crippen LogP contribution is -2.14. The predicted octanol–water partition coefficient (Wildman–Crippen LogP) is 2.82. The second-order valence-corrected chi connectivity index (χ2v) is 6.35. The molecule has 3 N–H and O–H groups in total. The Morgan fingerprint density at radius 1 is 1.19 bits per heavy atom. The van der Waals surface area contributed by atoms with Crippen LogP contribution in [0.2, 0.25) is 0 Å². The average Bonchev–Trinajstić information content (AvgIpc) is 2.46. The van der Waals surface area contributed by atoms with Gasteiger partial charge in [-0.1, -0.05) is 25.5 Å². The maximum absolute atomic E-state index is 11.5. The Morgan fingerprint density at radius 2 is 1.90 bits per heavy atom. The molecule has 0 fully saturated rings. The highest BCUT2D eigenvalue weighted by Crippen LogP contribution is 2.21. The Hall–Kier alpha value is -1.92. The van der Waals surface area contributed by atoms with Crippen molar-refractivity contribution in [1.82, 2.24) is 4.98 Å². The van der Waals surface area contributed by atoms with Crippen LogP contribution in [0.25, 0.3) is 0 Å². The molecule has 112 valence electrons. The molecule has 2 rings (SSSR count). The predicted molar refractivity (Wildman–Crippen MR) is 83.9 cm³/mol. The van der Waals surface area contributed by atoms with Crippen LogP contribution in [-0.2, 0) is 16.4 Å². The van der Waals surface area contributed by atoms with Crippen molar-refractivity contribution >= 4 is 21.5 Å². The topological polar surface area (TPSA) is 85.1 Å². The van der Waals surface area contributed by atoms with E-state index in [0.717, 1.165) is 24.9 Å². The number of pyridine rings is 1. The van der Waals surface area contributed by atoms with Crippen molar-refractivity contribution in [3.8, 4) is 0 Å². The van der Waals surface area contributed by atoms with Crippen molar-refractivity contribution in [2.75, 3.05) is 5.32 Å². The molecule has 1 aromatic carbocycles. The maximum Gasteiger partial charge on any atom is 0.241 e. The number of rotatable bonds is 6. The van der Waals surface area contributed by atoms with Crippen molar-refractivity contribution < 1.29 is 8.42 Å². The fraction of sp³-hybridized carbons (Fsp3) is 0.267. The van der Waals surface area contributed by atoms with Crippen molar-refractivity contribution in [2.45, 2.75) is 31.1 Å². The third kappa shape index (κ3) is 4.27. The molecule has 0 unspecified atom stereocenters. The number of unbranched alkanes of at least 4 members (excludes halogenated alkanes) is 1. The van der Waals surface area contributed by atoms with Crippen LogP contribution in [0.15, 0.2) is 47.5 Å². The number of nitrogens with zero attached hydrogens (tertiary/aromatic N) is 1. The molecule has 21 heavy (non-hydrogen) atoms. The molecule has 0 atom stereocenters. The van der Waals surface area contributed by atoms with E-state index in [2.05, 4.69) is 17.2 Å². The Balaban J connectivity index is 2.19.